The van der Waals surface area contributed by atoms with Crippen molar-refractivity contribution in [1.82, 2.24) is 9.97 Å². The molecule has 0 amide bonds. The number of hydrogen-bond donors (Lipinski definition) is 0. The molecule has 0 N–H and O–H groups in total. The zero-order valence-corrected chi connectivity index (χ0v) is 10.4. The molecule has 0 saturated heterocycles. The first-order valence-corrected chi connectivity index (χ1v) is 5.24. The zero-order valence-electron chi connectivity index (χ0n) is 8.86. The molecule has 14 heavy (non-hydrogen) atoms. The topological polar surface area (TPSA) is 25.8 Å². The second kappa shape index (κ2) is 4.03. The summed E-state index contributed by atoms with van der Waals surface area (Å²) in [5.41, 5.74) is 0.882. The first kappa shape index (κ1) is 11.7. The molecule has 1 aromatic heterocycles. The van der Waals surface area contributed by atoms with Gasteiger partial charge in [-0.05, 0) is 12.3 Å². The molecule has 1 rings (SSSR count). The largest absolute Gasteiger partial charge is 0.221 e. The van der Waals surface area contributed by atoms with Gasteiger partial charge in [-0.25, -0.2) is 9.97 Å². The summed E-state index contributed by atoms with van der Waals surface area (Å²) < 4.78 is 0. The van der Waals surface area contributed by atoms with Gasteiger partial charge in [-0.1, -0.05) is 44.0 Å². The maximum atomic E-state index is 5.91. The molecule has 0 saturated carbocycles. The van der Waals surface area contributed by atoms with Crippen LogP contribution in [0.4, 0.5) is 0 Å². The van der Waals surface area contributed by atoms with Crippen molar-refractivity contribution in [2.75, 3.05) is 0 Å². The fourth-order valence-electron chi connectivity index (χ4n) is 1.06. The van der Waals surface area contributed by atoms with Gasteiger partial charge in [0.1, 0.15) is 16.1 Å². The molecule has 0 aliphatic rings. The van der Waals surface area contributed by atoms with E-state index in [0.717, 1.165) is 12.0 Å². The van der Waals surface area contributed by atoms with Crippen molar-refractivity contribution in [2.24, 2.45) is 5.41 Å². The van der Waals surface area contributed by atoms with Crippen LogP contribution < -0.4 is 0 Å². The number of halogens is 2. The molecule has 0 aliphatic heterocycles. The Morgan fingerprint density at radius 1 is 1.07 bits per heavy atom. The molecule has 0 aromatic carbocycles. The van der Waals surface area contributed by atoms with Crippen molar-refractivity contribution in [1.29, 1.82) is 0 Å². The van der Waals surface area contributed by atoms with Crippen LogP contribution in [0.25, 0.3) is 0 Å². The van der Waals surface area contributed by atoms with E-state index in [1.54, 1.807) is 0 Å². The first-order chi connectivity index (χ1) is 6.29. The molecule has 0 fully saturated rings. The van der Waals surface area contributed by atoms with Crippen molar-refractivity contribution >= 4 is 23.2 Å². The first-order valence-electron chi connectivity index (χ1n) is 4.48. The summed E-state index contributed by atoms with van der Waals surface area (Å²) in [6.45, 7) is 8.18. The monoisotopic (exact) mass is 232 g/mol. The Kier molecular flexibility index (Phi) is 3.38. The van der Waals surface area contributed by atoms with Gasteiger partial charge in [0, 0.05) is 12.0 Å². The average molecular weight is 233 g/mol. The van der Waals surface area contributed by atoms with Gasteiger partial charge in [0.05, 0.1) is 0 Å². The fourth-order valence-corrected chi connectivity index (χ4v) is 1.48. The van der Waals surface area contributed by atoms with E-state index >= 15 is 0 Å². The Hall–Kier alpha value is -0.340. The van der Waals surface area contributed by atoms with Crippen molar-refractivity contribution < 1.29 is 0 Å². The second-order valence-electron chi connectivity index (χ2n) is 4.58. The maximum Gasteiger partial charge on any atom is 0.137 e. The Balaban J connectivity index is 3.02. The molecular formula is C10H14Cl2N2. The van der Waals surface area contributed by atoms with Crippen LogP contribution in [0, 0.1) is 12.3 Å². The van der Waals surface area contributed by atoms with Gasteiger partial charge in [0.25, 0.3) is 0 Å². The summed E-state index contributed by atoms with van der Waals surface area (Å²) in [4.78, 5) is 8.38. The highest BCUT2D eigenvalue weighted by Crippen LogP contribution is 2.23. The third kappa shape index (κ3) is 3.10. The average Bonchev–Trinajstić information content (AvgIpc) is 1.96. The van der Waals surface area contributed by atoms with Gasteiger partial charge < -0.3 is 0 Å². The van der Waals surface area contributed by atoms with Crippen molar-refractivity contribution in [3.8, 4) is 0 Å². The normalized spacial score (nSPS) is 11.9. The lowest BCUT2D eigenvalue weighted by atomic mass is 9.92. The van der Waals surface area contributed by atoms with Gasteiger partial charge in [-0.2, -0.15) is 0 Å². The Morgan fingerprint density at radius 3 is 1.86 bits per heavy atom. The molecule has 0 atom stereocenters. The molecule has 2 nitrogen and oxygen atoms in total. The van der Waals surface area contributed by atoms with E-state index in [9.17, 15) is 0 Å². The minimum absolute atomic E-state index is 0.141. The number of hydrogen-bond acceptors (Lipinski definition) is 2. The SMILES string of the molecule is Cc1c(Cl)nc(CC(C)(C)C)nc1Cl. The lowest BCUT2D eigenvalue weighted by molar-refractivity contribution is 0.400. The molecule has 0 unspecified atom stereocenters. The molecule has 0 aliphatic carbocycles. The Morgan fingerprint density at radius 2 is 1.50 bits per heavy atom. The maximum absolute atomic E-state index is 5.91. The molecule has 1 heterocycles. The Labute approximate surface area is 94.7 Å². The molecule has 4 heteroatoms. The third-order valence-corrected chi connectivity index (χ3v) is 2.50. The van der Waals surface area contributed by atoms with E-state index < -0.39 is 0 Å². The quantitative estimate of drug-likeness (QED) is 0.691. The van der Waals surface area contributed by atoms with Crippen LogP contribution in [0.2, 0.25) is 10.3 Å². The summed E-state index contributed by atoms with van der Waals surface area (Å²) in [5, 5.41) is 0.897. The molecule has 0 bridgehead atoms. The summed E-state index contributed by atoms with van der Waals surface area (Å²) in [6.07, 6.45) is 0.771. The van der Waals surface area contributed by atoms with Crippen LogP contribution in [0.1, 0.15) is 32.2 Å². The predicted octanol–water partition coefficient (Wildman–Crippen LogP) is 3.68. The third-order valence-electron chi connectivity index (χ3n) is 1.76. The number of aromatic nitrogens is 2. The van der Waals surface area contributed by atoms with E-state index in [2.05, 4.69) is 30.7 Å². The van der Waals surface area contributed by atoms with Gasteiger partial charge >= 0.3 is 0 Å². The molecular weight excluding hydrogens is 219 g/mol. The van der Waals surface area contributed by atoms with Crippen LogP contribution in [0.15, 0.2) is 0 Å². The highest BCUT2D eigenvalue weighted by molar-refractivity contribution is 6.34. The van der Waals surface area contributed by atoms with Gasteiger partial charge in [-0.15, -0.1) is 0 Å². The van der Waals surface area contributed by atoms with Crippen LogP contribution in [0.3, 0.4) is 0 Å². The minimum Gasteiger partial charge on any atom is -0.221 e. The van der Waals surface area contributed by atoms with E-state index in [1.165, 1.54) is 0 Å². The van der Waals surface area contributed by atoms with Crippen LogP contribution in [-0.2, 0) is 6.42 Å². The van der Waals surface area contributed by atoms with Crippen molar-refractivity contribution in [3.63, 3.8) is 0 Å². The lowest BCUT2D eigenvalue weighted by Gasteiger charge is -2.17. The van der Waals surface area contributed by atoms with Gasteiger partial charge in [-0.3, -0.25) is 0 Å². The predicted molar refractivity (Wildman–Crippen MR) is 59.9 cm³/mol. The highest BCUT2D eigenvalue weighted by Gasteiger charge is 2.15. The van der Waals surface area contributed by atoms with Crippen LogP contribution >= 0.6 is 23.2 Å². The van der Waals surface area contributed by atoms with Crippen molar-refractivity contribution in [2.45, 2.75) is 34.1 Å². The van der Waals surface area contributed by atoms with E-state index in [0.29, 0.717) is 16.1 Å². The molecule has 1 aromatic rings. The zero-order chi connectivity index (χ0) is 10.9. The second-order valence-corrected chi connectivity index (χ2v) is 5.30. The number of nitrogens with zero attached hydrogens (tertiary/aromatic N) is 2. The summed E-state index contributed by atoms with van der Waals surface area (Å²) in [6, 6.07) is 0. The van der Waals surface area contributed by atoms with Gasteiger partial charge in [0.15, 0.2) is 0 Å². The highest BCUT2D eigenvalue weighted by atomic mass is 35.5. The van der Waals surface area contributed by atoms with Crippen LogP contribution in [0.5, 0.6) is 0 Å². The molecule has 0 radical (unpaired) electrons. The molecule has 78 valence electrons. The fraction of sp³-hybridized carbons (Fsp3) is 0.600. The van der Waals surface area contributed by atoms with Crippen molar-refractivity contribution in [3.05, 3.63) is 21.7 Å². The molecule has 0 spiro atoms. The standard InChI is InChI=1S/C10H14Cl2N2/c1-6-8(11)13-7(14-9(6)12)5-10(2,3)4/h5H2,1-4H3. The lowest BCUT2D eigenvalue weighted by Crippen LogP contribution is -2.12. The summed E-state index contributed by atoms with van der Waals surface area (Å²) in [7, 11) is 0. The van der Waals surface area contributed by atoms with Gasteiger partial charge in [0.2, 0.25) is 0 Å². The Bertz CT molecular complexity index is 319. The van der Waals surface area contributed by atoms with E-state index in [4.69, 9.17) is 23.2 Å². The van der Waals surface area contributed by atoms with E-state index in [1.807, 2.05) is 6.92 Å². The summed E-state index contributed by atoms with van der Waals surface area (Å²) >= 11 is 11.8. The smallest absolute Gasteiger partial charge is 0.137 e. The minimum atomic E-state index is 0.141. The van der Waals surface area contributed by atoms with E-state index in [-0.39, 0.29) is 5.41 Å². The summed E-state index contributed by atoms with van der Waals surface area (Å²) in [5.74, 6) is 0.707. The number of rotatable bonds is 1. The van der Waals surface area contributed by atoms with Crippen LogP contribution in [-0.4, -0.2) is 9.97 Å².